The molecule has 2 aromatic carbocycles. The van der Waals surface area contributed by atoms with Crippen LogP contribution in [0, 0.1) is 12.7 Å². The molecule has 0 radical (unpaired) electrons. The molecule has 0 amide bonds. The monoisotopic (exact) mass is 295 g/mol. The van der Waals surface area contributed by atoms with Gasteiger partial charge in [0.15, 0.2) is 0 Å². The molecule has 22 heavy (non-hydrogen) atoms. The van der Waals surface area contributed by atoms with Gasteiger partial charge in [0.25, 0.3) is 5.89 Å². The van der Waals surface area contributed by atoms with Crippen LogP contribution in [0.4, 0.5) is 10.1 Å². The van der Waals surface area contributed by atoms with Gasteiger partial charge >= 0.3 is 0 Å². The minimum absolute atomic E-state index is 0.269. The first-order chi connectivity index (χ1) is 10.6. The maximum atomic E-state index is 12.8. The molecule has 0 saturated carbocycles. The first-order valence-corrected chi connectivity index (χ1v) is 6.76. The first-order valence-electron chi connectivity index (χ1n) is 6.76. The Morgan fingerprint density at radius 1 is 1.09 bits per heavy atom. The van der Waals surface area contributed by atoms with Crippen LogP contribution in [0.5, 0.6) is 0 Å². The van der Waals surface area contributed by atoms with E-state index >= 15 is 0 Å². The first kappa shape index (κ1) is 14.0. The molecule has 0 aliphatic rings. The quantitative estimate of drug-likeness (QED) is 0.743. The highest BCUT2D eigenvalue weighted by Gasteiger charge is 2.10. The molecule has 3 aromatic rings. The van der Waals surface area contributed by atoms with Crippen LogP contribution < -0.4 is 5.73 Å². The Morgan fingerprint density at radius 2 is 1.86 bits per heavy atom. The highest BCUT2D eigenvalue weighted by molar-refractivity contribution is 5.70. The Hall–Kier alpha value is -2.95. The number of benzene rings is 2. The summed E-state index contributed by atoms with van der Waals surface area (Å²) in [6, 6.07) is 11.7. The van der Waals surface area contributed by atoms with Gasteiger partial charge in [-0.15, -0.1) is 0 Å². The summed E-state index contributed by atoms with van der Waals surface area (Å²) in [6.45, 7) is 1.91. The van der Waals surface area contributed by atoms with Crippen molar-refractivity contribution >= 4 is 17.8 Å². The third-order valence-electron chi connectivity index (χ3n) is 3.35. The fraction of sp³-hybridized carbons (Fsp3) is 0.0588. The molecule has 1 aromatic heterocycles. The molecule has 0 saturated heterocycles. The summed E-state index contributed by atoms with van der Waals surface area (Å²) >= 11 is 0. The number of nitrogens with zero attached hydrogens (tertiary/aromatic N) is 2. The van der Waals surface area contributed by atoms with Crippen molar-refractivity contribution in [3.05, 3.63) is 65.3 Å². The molecule has 0 aliphatic carbocycles. The van der Waals surface area contributed by atoms with Crippen molar-refractivity contribution in [3.8, 4) is 11.4 Å². The summed E-state index contributed by atoms with van der Waals surface area (Å²) in [6.07, 6.45) is 3.47. The van der Waals surface area contributed by atoms with Crippen LogP contribution in [0.15, 0.2) is 47.0 Å². The van der Waals surface area contributed by atoms with Gasteiger partial charge in [-0.2, -0.15) is 4.98 Å². The SMILES string of the molecule is Cc1c(N)cccc1-c1noc(/C=C/c2ccc(F)cc2)n1. The van der Waals surface area contributed by atoms with E-state index in [-0.39, 0.29) is 5.82 Å². The van der Waals surface area contributed by atoms with E-state index in [9.17, 15) is 4.39 Å². The van der Waals surface area contributed by atoms with Crippen molar-refractivity contribution in [1.82, 2.24) is 10.1 Å². The van der Waals surface area contributed by atoms with Crippen LogP contribution in [-0.4, -0.2) is 10.1 Å². The number of halogens is 1. The Morgan fingerprint density at radius 3 is 2.64 bits per heavy atom. The van der Waals surface area contributed by atoms with E-state index in [0.717, 1.165) is 16.7 Å². The van der Waals surface area contributed by atoms with Gasteiger partial charge in [-0.05, 0) is 42.3 Å². The van der Waals surface area contributed by atoms with Crippen LogP contribution in [-0.2, 0) is 0 Å². The molecular formula is C17H14FN3O. The third-order valence-corrected chi connectivity index (χ3v) is 3.35. The summed E-state index contributed by atoms with van der Waals surface area (Å²) in [4.78, 5) is 4.32. The summed E-state index contributed by atoms with van der Waals surface area (Å²) in [5.41, 5.74) is 9.17. The van der Waals surface area contributed by atoms with Gasteiger partial charge in [-0.3, -0.25) is 0 Å². The summed E-state index contributed by atoms with van der Waals surface area (Å²) < 4.78 is 18.0. The van der Waals surface area contributed by atoms with Crippen molar-refractivity contribution in [2.45, 2.75) is 6.92 Å². The average Bonchev–Trinajstić information content (AvgIpc) is 2.98. The minimum atomic E-state index is -0.269. The normalized spacial score (nSPS) is 11.2. The largest absolute Gasteiger partial charge is 0.398 e. The van der Waals surface area contributed by atoms with Gasteiger partial charge in [0.05, 0.1) is 0 Å². The second-order valence-electron chi connectivity index (χ2n) is 4.86. The topological polar surface area (TPSA) is 64.9 Å². The van der Waals surface area contributed by atoms with Crippen LogP contribution in [0.25, 0.3) is 23.5 Å². The molecule has 0 fully saturated rings. The summed E-state index contributed by atoms with van der Waals surface area (Å²) in [7, 11) is 0. The van der Waals surface area contributed by atoms with Gasteiger partial charge < -0.3 is 10.3 Å². The second-order valence-corrected chi connectivity index (χ2v) is 4.86. The zero-order valence-electron chi connectivity index (χ0n) is 12.0. The molecule has 0 atom stereocenters. The number of nitrogens with two attached hydrogens (primary N) is 1. The molecule has 5 heteroatoms. The highest BCUT2D eigenvalue weighted by Crippen LogP contribution is 2.24. The Balaban J connectivity index is 1.85. The Kier molecular flexibility index (Phi) is 3.70. The van der Waals surface area contributed by atoms with E-state index in [1.165, 1.54) is 12.1 Å². The van der Waals surface area contributed by atoms with E-state index < -0.39 is 0 Å². The zero-order chi connectivity index (χ0) is 15.5. The van der Waals surface area contributed by atoms with E-state index in [0.29, 0.717) is 17.4 Å². The van der Waals surface area contributed by atoms with Gasteiger partial charge in [0.2, 0.25) is 5.82 Å². The lowest BCUT2D eigenvalue weighted by molar-refractivity contribution is 0.411. The minimum Gasteiger partial charge on any atom is -0.398 e. The maximum absolute atomic E-state index is 12.8. The molecule has 0 bridgehead atoms. The summed E-state index contributed by atoms with van der Waals surface area (Å²) in [5, 5.41) is 3.96. The lowest BCUT2D eigenvalue weighted by Gasteiger charge is -2.03. The number of hydrogen-bond acceptors (Lipinski definition) is 4. The Labute approximate surface area is 127 Å². The molecule has 0 unspecified atom stereocenters. The van der Waals surface area contributed by atoms with Crippen molar-refractivity contribution < 1.29 is 8.91 Å². The predicted octanol–water partition coefficient (Wildman–Crippen LogP) is 3.94. The number of rotatable bonds is 3. The molecule has 110 valence electrons. The van der Waals surface area contributed by atoms with Crippen LogP contribution in [0.2, 0.25) is 0 Å². The summed E-state index contributed by atoms with van der Waals surface area (Å²) in [5.74, 6) is 0.596. The Bertz CT molecular complexity index is 822. The molecule has 0 aliphatic heterocycles. The number of hydrogen-bond donors (Lipinski definition) is 1. The van der Waals surface area contributed by atoms with Crippen molar-refractivity contribution in [1.29, 1.82) is 0 Å². The van der Waals surface area contributed by atoms with Gasteiger partial charge in [-0.25, -0.2) is 4.39 Å². The lowest BCUT2D eigenvalue weighted by atomic mass is 10.1. The van der Waals surface area contributed by atoms with Crippen molar-refractivity contribution in [2.24, 2.45) is 0 Å². The van der Waals surface area contributed by atoms with Gasteiger partial charge in [-0.1, -0.05) is 29.4 Å². The predicted molar refractivity (Wildman–Crippen MR) is 84.2 cm³/mol. The van der Waals surface area contributed by atoms with Crippen molar-refractivity contribution in [3.63, 3.8) is 0 Å². The highest BCUT2D eigenvalue weighted by atomic mass is 19.1. The van der Waals surface area contributed by atoms with Crippen LogP contribution >= 0.6 is 0 Å². The number of anilines is 1. The van der Waals surface area contributed by atoms with E-state index in [2.05, 4.69) is 10.1 Å². The van der Waals surface area contributed by atoms with E-state index in [4.69, 9.17) is 10.3 Å². The standard InChI is InChI=1S/C17H14FN3O/c1-11-14(3-2-4-15(11)19)17-20-16(22-21-17)10-7-12-5-8-13(18)9-6-12/h2-10H,19H2,1H3/b10-7+. The molecule has 2 N–H and O–H groups in total. The van der Waals surface area contributed by atoms with Crippen LogP contribution in [0.1, 0.15) is 17.0 Å². The molecular weight excluding hydrogens is 281 g/mol. The van der Waals surface area contributed by atoms with Gasteiger partial charge in [0.1, 0.15) is 5.82 Å². The van der Waals surface area contributed by atoms with E-state index in [1.807, 2.05) is 25.1 Å². The maximum Gasteiger partial charge on any atom is 0.250 e. The number of aromatic nitrogens is 2. The molecule has 4 nitrogen and oxygen atoms in total. The van der Waals surface area contributed by atoms with Gasteiger partial charge in [0, 0.05) is 17.3 Å². The lowest BCUT2D eigenvalue weighted by Crippen LogP contribution is -1.92. The van der Waals surface area contributed by atoms with Crippen LogP contribution in [0.3, 0.4) is 0 Å². The average molecular weight is 295 g/mol. The third kappa shape index (κ3) is 2.88. The number of nitrogen functional groups attached to an aromatic ring is 1. The smallest absolute Gasteiger partial charge is 0.250 e. The fourth-order valence-electron chi connectivity index (χ4n) is 2.05. The second kappa shape index (κ2) is 5.81. The molecule has 0 spiro atoms. The zero-order valence-corrected chi connectivity index (χ0v) is 12.0. The van der Waals surface area contributed by atoms with Crippen molar-refractivity contribution in [2.75, 3.05) is 5.73 Å². The molecule has 3 rings (SSSR count). The fourth-order valence-corrected chi connectivity index (χ4v) is 2.05. The van der Waals surface area contributed by atoms with E-state index in [1.54, 1.807) is 24.3 Å². The molecule has 1 heterocycles.